The number of carbonyl (C=O) groups excluding carboxylic acids is 1. The number of sulfonamides is 1. The fraction of sp³-hybridized carbons (Fsp3) is 0.409. The summed E-state index contributed by atoms with van der Waals surface area (Å²) in [6.07, 6.45) is 1.75. The molecule has 2 aromatic rings. The molecule has 1 N–H and O–H groups in total. The first-order valence-electron chi connectivity index (χ1n) is 9.89. The fourth-order valence-electron chi connectivity index (χ4n) is 3.08. The summed E-state index contributed by atoms with van der Waals surface area (Å²) in [6.45, 7) is 4.37. The zero-order valence-corrected chi connectivity index (χ0v) is 18.7. The highest BCUT2D eigenvalue weighted by Crippen LogP contribution is 2.30. The molecule has 2 rings (SSSR count). The lowest BCUT2D eigenvalue weighted by Gasteiger charge is -2.24. The number of methoxy groups -OCH3 is 1. The first kappa shape index (κ1) is 23.5. The van der Waals surface area contributed by atoms with Gasteiger partial charge >= 0.3 is 0 Å². The molecule has 0 radical (unpaired) electrons. The largest absolute Gasteiger partial charge is 0.497 e. The van der Waals surface area contributed by atoms with E-state index in [1.54, 1.807) is 31.4 Å². The number of benzene rings is 2. The number of amides is 1. The average Bonchev–Trinajstić information content (AvgIpc) is 2.71. The maximum atomic E-state index is 12.4. The number of hydrogen-bond acceptors (Lipinski definition) is 5. The van der Waals surface area contributed by atoms with Crippen LogP contribution in [0.2, 0.25) is 0 Å². The molecule has 0 saturated carbocycles. The Bertz CT molecular complexity index is 929. The molecule has 0 aromatic heterocycles. The minimum absolute atomic E-state index is 0.134. The molecule has 0 aliphatic rings. The van der Waals surface area contributed by atoms with Gasteiger partial charge in [-0.25, -0.2) is 8.42 Å². The third-order valence-electron chi connectivity index (χ3n) is 4.59. The normalized spacial score (nSPS) is 12.1. The summed E-state index contributed by atoms with van der Waals surface area (Å²) >= 11 is 0. The third kappa shape index (κ3) is 6.66. The summed E-state index contributed by atoms with van der Waals surface area (Å²) in [7, 11) is -1.92. The summed E-state index contributed by atoms with van der Waals surface area (Å²) in [4.78, 5) is 12.4. The SMILES string of the molecule is CCOc1ccccc1N(CCCC(=O)N[C@@H](C)c1ccc(OC)cc1)S(C)(=O)=O. The van der Waals surface area contributed by atoms with Crippen LogP contribution in [0.3, 0.4) is 0 Å². The highest BCUT2D eigenvalue weighted by atomic mass is 32.2. The monoisotopic (exact) mass is 434 g/mol. The van der Waals surface area contributed by atoms with Crippen molar-refractivity contribution in [1.82, 2.24) is 5.32 Å². The van der Waals surface area contributed by atoms with Crippen molar-refractivity contribution in [3.63, 3.8) is 0 Å². The van der Waals surface area contributed by atoms with Gasteiger partial charge in [-0.15, -0.1) is 0 Å². The van der Waals surface area contributed by atoms with Crippen LogP contribution in [-0.2, 0) is 14.8 Å². The van der Waals surface area contributed by atoms with Gasteiger partial charge in [0.05, 0.1) is 31.7 Å². The van der Waals surface area contributed by atoms with Crippen molar-refractivity contribution >= 4 is 21.6 Å². The Hall–Kier alpha value is -2.74. The molecule has 1 amide bonds. The van der Waals surface area contributed by atoms with Crippen LogP contribution in [0.25, 0.3) is 0 Å². The molecule has 164 valence electrons. The quantitative estimate of drug-likeness (QED) is 0.585. The van der Waals surface area contributed by atoms with E-state index in [1.807, 2.05) is 38.1 Å². The van der Waals surface area contributed by atoms with Crippen LogP contribution in [0.1, 0.15) is 38.3 Å². The maximum absolute atomic E-state index is 12.4. The lowest BCUT2D eigenvalue weighted by Crippen LogP contribution is -2.33. The van der Waals surface area contributed by atoms with Gasteiger partial charge in [0.1, 0.15) is 11.5 Å². The van der Waals surface area contributed by atoms with Crippen molar-refractivity contribution in [3.05, 3.63) is 54.1 Å². The average molecular weight is 435 g/mol. The van der Waals surface area contributed by atoms with E-state index in [1.165, 1.54) is 4.31 Å². The van der Waals surface area contributed by atoms with Gasteiger partial charge in [0.2, 0.25) is 15.9 Å². The minimum atomic E-state index is -3.52. The van der Waals surface area contributed by atoms with E-state index < -0.39 is 10.0 Å². The van der Waals surface area contributed by atoms with Gasteiger partial charge in [-0.1, -0.05) is 24.3 Å². The molecule has 7 nitrogen and oxygen atoms in total. The predicted molar refractivity (Wildman–Crippen MR) is 119 cm³/mol. The van der Waals surface area contributed by atoms with E-state index in [4.69, 9.17) is 9.47 Å². The topological polar surface area (TPSA) is 84.9 Å². The van der Waals surface area contributed by atoms with Gasteiger partial charge in [0, 0.05) is 13.0 Å². The van der Waals surface area contributed by atoms with Gasteiger partial charge in [-0.3, -0.25) is 9.10 Å². The second kappa shape index (κ2) is 10.9. The summed E-state index contributed by atoms with van der Waals surface area (Å²) in [5.41, 5.74) is 1.45. The van der Waals surface area contributed by atoms with E-state index in [2.05, 4.69) is 5.32 Å². The van der Waals surface area contributed by atoms with Crippen molar-refractivity contribution in [3.8, 4) is 11.5 Å². The Labute approximate surface area is 179 Å². The van der Waals surface area contributed by atoms with E-state index in [0.29, 0.717) is 24.5 Å². The van der Waals surface area contributed by atoms with Crippen LogP contribution >= 0.6 is 0 Å². The van der Waals surface area contributed by atoms with Gasteiger partial charge in [-0.05, 0) is 50.1 Å². The minimum Gasteiger partial charge on any atom is -0.497 e. The number of rotatable bonds is 11. The first-order chi connectivity index (χ1) is 14.3. The van der Waals surface area contributed by atoms with Crippen LogP contribution in [0.4, 0.5) is 5.69 Å². The molecule has 0 aliphatic heterocycles. The summed E-state index contributed by atoms with van der Waals surface area (Å²) in [5, 5.41) is 2.95. The Kier molecular flexibility index (Phi) is 8.53. The summed E-state index contributed by atoms with van der Waals surface area (Å²) < 4.78 is 36.7. The zero-order chi connectivity index (χ0) is 22.1. The number of nitrogens with one attached hydrogen (secondary N) is 1. The fourth-order valence-corrected chi connectivity index (χ4v) is 4.05. The Balaban J connectivity index is 1.97. The molecule has 0 bridgehead atoms. The Morgan fingerprint density at radius 1 is 1.13 bits per heavy atom. The van der Waals surface area contributed by atoms with E-state index in [-0.39, 0.29) is 24.9 Å². The Morgan fingerprint density at radius 2 is 1.80 bits per heavy atom. The molecular weight excluding hydrogens is 404 g/mol. The van der Waals surface area contributed by atoms with Crippen molar-refractivity contribution < 1.29 is 22.7 Å². The van der Waals surface area contributed by atoms with Crippen molar-refractivity contribution in [2.75, 3.05) is 30.8 Å². The molecule has 0 fully saturated rings. The van der Waals surface area contributed by atoms with Gasteiger partial charge < -0.3 is 14.8 Å². The van der Waals surface area contributed by atoms with Crippen LogP contribution in [0.5, 0.6) is 11.5 Å². The molecule has 0 saturated heterocycles. The van der Waals surface area contributed by atoms with E-state index in [9.17, 15) is 13.2 Å². The Morgan fingerprint density at radius 3 is 2.40 bits per heavy atom. The molecule has 8 heteroatoms. The molecule has 0 spiro atoms. The molecule has 1 atom stereocenters. The number of para-hydroxylation sites is 2. The first-order valence-corrected chi connectivity index (χ1v) is 11.7. The summed E-state index contributed by atoms with van der Waals surface area (Å²) in [6, 6.07) is 14.3. The van der Waals surface area contributed by atoms with Gasteiger partial charge in [0.15, 0.2) is 0 Å². The second-order valence-corrected chi connectivity index (χ2v) is 8.81. The van der Waals surface area contributed by atoms with Crippen molar-refractivity contribution in [1.29, 1.82) is 0 Å². The standard InChI is InChI=1S/C22H30N2O5S/c1-5-29-21-10-7-6-9-20(21)24(30(4,26)27)16-8-11-22(25)23-17(2)18-12-14-19(28-3)15-13-18/h6-7,9-10,12-15,17H,5,8,11,16H2,1-4H3,(H,23,25)/t17-/m0/s1. The van der Waals surface area contributed by atoms with Crippen LogP contribution < -0.4 is 19.1 Å². The number of anilines is 1. The molecule has 0 aliphatic carbocycles. The molecule has 0 heterocycles. The molecule has 0 unspecified atom stereocenters. The number of carbonyl (C=O) groups is 1. The number of nitrogens with zero attached hydrogens (tertiary/aromatic N) is 1. The maximum Gasteiger partial charge on any atom is 0.232 e. The van der Waals surface area contributed by atoms with Crippen LogP contribution in [-0.4, -0.2) is 40.8 Å². The smallest absolute Gasteiger partial charge is 0.232 e. The van der Waals surface area contributed by atoms with Crippen molar-refractivity contribution in [2.45, 2.75) is 32.7 Å². The highest BCUT2D eigenvalue weighted by molar-refractivity contribution is 7.92. The summed E-state index contributed by atoms with van der Waals surface area (Å²) in [5.74, 6) is 1.12. The second-order valence-electron chi connectivity index (χ2n) is 6.90. The van der Waals surface area contributed by atoms with Crippen molar-refractivity contribution in [2.24, 2.45) is 0 Å². The van der Waals surface area contributed by atoms with Gasteiger partial charge in [-0.2, -0.15) is 0 Å². The van der Waals surface area contributed by atoms with Gasteiger partial charge in [0.25, 0.3) is 0 Å². The number of hydrogen-bond donors (Lipinski definition) is 1. The highest BCUT2D eigenvalue weighted by Gasteiger charge is 2.21. The predicted octanol–water partition coefficient (Wildman–Crippen LogP) is 3.52. The molecule has 30 heavy (non-hydrogen) atoms. The van der Waals surface area contributed by atoms with Crippen LogP contribution in [0.15, 0.2) is 48.5 Å². The molecule has 2 aromatic carbocycles. The lowest BCUT2D eigenvalue weighted by atomic mass is 10.1. The number of ether oxygens (including phenoxy) is 2. The molecular formula is C22H30N2O5S. The van der Waals surface area contributed by atoms with E-state index >= 15 is 0 Å². The zero-order valence-electron chi connectivity index (χ0n) is 17.9. The third-order valence-corrected chi connectivity index (χ3v) is 5.77. The van der Waals surface area contributed by atoms with Crippen LogP contribution in [0, 0.1) is 0 Å². The lowest BCUT2D eigenvalue weighted by molar-refractivity contribution is -0.121. The van der Waals surface area contributed by atoms with E-state index in [0.717, 1.165) is 17.6 Å².